The smallest absolute Gasteiger partial charge is 0.298 e. The number of nitrogens with two attached hydrogens (primary N) is 2. The third-order valence-corrected chi connectivity index (χ3v) is 8.69. The fraction of sp³-hybridized carbons (Fsp3) is 0.333. The Labute approximate surface area is 225 Å². The normalized spacial score (nSPS) is 17.7. The number of hydrogen-bond donors (Lipinski definition) is 2. The van der Waals surface area contributed by atoms with E-state index in [1.807, 2.05) is 18.3 Å². The van der Waals surface area contributed by atoms with Gasteiger partial charge in [0.1, 0.15) is 16.7 Å². The molecule has 10 heteroatoms. The molecule has 1 spiro atoms. The number of aromatic nitrogens is 3. The molecule has 0 saturated carbocycles. The Kier molecular flexibility index (Phi) is 6.99. The highest BCUT2D eigenvalue weighted by Crippen LogP contribution is 2.51. The van der Waals surface area contributed by atoms with Crippen LogP contribution in [0.5, 0.6) is 0 Å². The summed E-state index contributed by atoms with van der Waals surface area (Å²) < 4.78 is 0. The van der Waals surface area contributed by atoms with Crippen molar-refractivity contribution in [2.75, 3.05) is 37.8 Å². The molecule has 0 radical (unpaired) electrons. The van der Waals surface area contributed by atoms with E-state index in [0.717, 1.165) is 59.2 Å². The van der Waals surface area contributed by atoms with E-state index in [0.29, 0.717) is 10.8 Å². The summed E-state index contributed by atoms with van der Waals surface area (Å²) in [6, 6.07) is 7.91. The van der Waals surface area contributed by atoms with Gasteiger partial charge in [-0.1, -0.05) is 35.3 Å². The first-order chi connectivity index (χ1) is 17.8. The number of nitrogen functional groups attached to an aromatic ring is 1. The monoisotopic (exact) mass is 533 g/mol. The molecule has 1 aliphatic heterocycles. The standard InChI is InChI=1S/C27H28ClN7OS/c1-34(2)23(36)6-4-17-3-5-18-14-27(25(29)19(18)13-17)8-11-35(12-9-27)21-15-33-22(16-32-21)37-20-7-10-31-26(30)24(20)28/h3,5,7,10,13,15-16,25H,8-9,11-12,14,29H2,1-2H3,(H2,30,31)/t25-/m1/s1. The molecule has 4 N–H and O–H groups in total. The summed E-state index contributed by atoms with van der Waals surface area (Å²) in [4.78, 5) is 29.6. The molecule has 5 rings (SSSR count). The highest BCUT2D eigenvalue weighted by Gasteiger charge is 2.46. The molecule has 1 aromatic carbocycles. The Bertz CT molecular complexity index is 1390. The van der Waals surface area contributed by atoms with E-state index in [9.17, 15) is 4.79 Å². The first-order valence-electron chi connectivity index (χ1n) is 12.0. The largest absolute Gasteiger partial charge is 0.382 e. The van der Waals surface area contributed by atoms with Crippen molar-refractivity contribution < 1.29 is 4.79 Å². The third kappa shape index (κ3) is 5.10. The molecule has 1 atom stereocenters. The highest BCUT2D eigenvalue weighted by molar-refractivity contribution is 7.99. The first-order valence-corrected chi connectivity index (χ1v) is 13.2. The first kappa shape index (κ1) is 25.3. The number of halogens is 1. The molecule has 0 bridgehead atoms. The van der Waals surface area contributed by atoms with Crippen molar-refractivity contribution >= 4 is 40.9 Å². The summed E-state index contributed by atoms with van der Waals surface area (Å²) in [6.45, 7) is 1.72. The van der Waals surface area contributed by atoms with E-state index in [2.05, 4.69) is 43.8 Å². The Hall–Kier alpha value is -3.32. The molecule has 1 fully saturated rings. The van der Waals surface area contributed by atoms with Crippen molar-refractivity contribution in [3.8, 4) is 11.8 Å². The van der Waals surface area contributed by atoms with Gasteiger partial charge < -0.3 is 21.3 Å². The van der Waals surface area contributed by atoms with Gasteiger partial charge in [0, 0.05) is 55.8 Å². The second-order valence-corrected chi connectivity index (χ2v) is 11.1. The molecule has 8 nitrogen and oxygen atoms in total. The predicted molar refractivity (Wildman–Crippen MR) is 146 cm³/mol. The van der Waals surface area contributed by atoms with Crippen molar-refractivity contribution in [1.29, 1.82) is 0 Å². The fourth-order valence-corrected chi connectivity index (χ4v) is 5.99. The lowest BCUT2D eigenvalue weighted by molar-refractivity contribution is -0.122. The number of pyridine rings is 1. The number of carbonyl (C=O) groups is 1. The number of fused-ring (bicyclic) bond motifs is 1. The number of nitrogens with zero attached hydrogens (tertiary/aromatic N) is 5. The molecule has 2 aliphatic rings. The Morgan fingerprint density at radius 3 is 2.68 bits per heavy atom. The molecule has 190 valence electrons. The maximum Gasteiger partial charge on any atom is 0.298 e. The highest BCUT2D eigenvalue weighted by atomic mass is 35.5. The number of anilines is 2. The van der Waals surface area contributed by atoms with Gasteiger partial charge in [-0.3, -0.25) is 4.79 Å². The van der Waals surface area contributed by atoms with Gasteiger partial charge in [0.15, 0.2) is 0 Å². The quantitative estimate of drug-likeness (QED) is 0.491. The molecule has 3 heterocycles. The summed E-state index contributed by atoms with van der Waals surface area (Å²) in [6.07, 6.45) is 8.08. The van der Waals surface area contributed by atoms with Crippen molar-refractivity contribution in [3.05, 3.63) is 64.6 Å². The number of rotatable bonds is 3. The molecule has 1 amide bonds. The van der Waals surface area contributed by atoms with Crippen LogP contribution < -0.4 is 16.4 Å². The molecular weight excluding hydrogens is 506 g/mol. The van der Waals surface area contributed by atoms with Gasteiger partial charge in [-0.05, 0) is 54.0 Å². The van der Waals surface area contributed by atoms with Crippen LogP contribution in [0.4, 0.5) is 11.6 Å². The number of piperidine rings is 1. The van der Waals surface area contributed by atoms with Gasteiger partial charge in [-0.25, -0.2) is 15.0 Å². The molecule has 37 heavy (non-hydrogen) atoms. The van der Waals surface area contributed by atoms with E-state index in [4.69, 9.17) is 23.1 Å². The van der Waals surface area contributed by atoms with Crippen LogP contribution in [-0.4, -0.2) is 52.9 Å². The Morgan fingerprint density at radius 2 is 1.97 bits per heavy atom. The average Bonchev–Trinajstić information content (AvgIpc) is 3.16. The number of amides is 1. The maximum atomic E-state index is 11.8. The van der Waals surface area contributed by atoms with Gasteiger partial charge in [-0.2, -0.15) is 0 Å². The third-order valence-electron chi connectivity index (χ3n) is 7.20. The summed E-state index contributed by atoms with van der Waals surface area (Å²) >= 11 is 7.66. The summed E-state index contributed by atoms with van der Waals surface area (Å²) in [5.41, 5.74) is 15.9. The lowest BCUT2D eigenvalue weighted by Gasteiger charge is -2.42. The van der Waals surface area contributed by atoms with Crippen molar-refractivity contribution in [1.82, 2.24) is 19.9 Å². The second-order valence-electron chi connectivity index (χ2n) is 9.69. The van der Waals surface area contributed by atoms with E-state index >= 15 is 0 Å². The molecule has 3 aromatic rings. The van der Waals surface area contributed by atoms with E-state index in [1.54, 1.807) is 26.5 Å². The van der Waals surface area contributed by atoms with Gasteiger partial charge in [-0.15, -0.1) is 0 Å². The van der Waals surface area contributed by atoms with Gasteiger partial charge in [0.05, 0.1) is 17.4 Å². The minimum Gasteiger partial charge on any atom is -0.382 e. The number of carbonyl (C=O) groups excluding carboxylic acids is 1. The van der Waals surface area contributed by atoms with Crippen LogP contribution in [-0.2, 0) is 11.2 Å². The van der Waals surface area contributed by atoms with Crippen LogP contribution in [0.1, 0.15) is 35.6 Å². The summed E-state index contributed by atoms with van der Waals surface area (Å²) in [5, 5.41) is 1.17. The van der Waals surface area contributed by atoms with Gasteiger partial charge in [0.25, 0.3) is 5.91 Å². The van der Waals surface area contributed by atoms with Crippen LogP contribution in [0.25, 0.3) is 0 Å². The van der Waals surface area contributed by atoms with Crippen LogP contribution in [0.3, 0.4) is 0 Å². The fourth-order valence-electron chi connectivity index (χ4n) is 5.01. The van der Waals surface area contributed by atoms with Crippen LogP contribution in [0.2, 0.25) is 5.02 Å². The van der Waals surface area contributed by atoms with E-state index in [-0.39, 0.29) is 17.4 Å². The topological polar surface area (TPSA) is 114 Å². The molecule has 1 aliphatic carbocycles. The number of benzene rings is 1. The molecule has 0 unspecified atom stereocenters. The second kappa shape index (κ2) is 10.2. The van der Waals surface area contributed by atoms with Crippen molar-refractivity contribution in [3.63, 3.8) is 0 Å². The van der Waals surface area contributed by atoms with Crippen LogP contribution >= 0.6 is 23.4 Å². The zero-order valence-electron chi connectivity index (χ0n) is 20.7. The molecule has 1 saturated heterocycles. The lowest BCUT2D eigenvalue weighted by atomic mass is 9.73. The minimum absolute atomic E-state index is 0.0194. The number of hydrogen-bond acceptors (Lipinski definition) is 8. The Balaban J connectivity index is 1.24. The summed E-state index contributed by atoms with van der Waals surface area (Å²) in [5.74, 6) is 6.61. The zero-order valence-corrected chi connectivity index (χ0v) is 22.3. The average molecular weight is 534 g/mol. The lowest BCUT2D eigenvalue weighted by Crippen LogP contribution is -2.44. The summed E-state index contributed by atoms with van der Waals surface area (Å²) in [7, 11) is 3.39. The molecule has 2 aromatic heterocycles. The maximum absolute atomic E-state index is 11.8. The zero-order chi connectivity index (χ0) is 26.2. The van der Waals surface area contributed by atoms with Crippen LogP contribution in [0, 0.1) is 17.3 Å². The Morgan fingerprint density at radius 1 is 1.19 bits per heavy atom. The van der Waals surface area contributed by atoms with Gasteiger partial charge >= 0.3 is 0 Å². The van der Waals surface area contributed by atoms with Crippen molar-refractivity contribution in [2.24, 2.45) is 11.1 Å². The van der Waals surface area contributed by atoms with E-state index in [1.165, 1.54) is 22.2 Å². The van der Waals surface area contributed by atoms with Gasteiger partial charge in [0.2, 0.25) is 0 Å². The SMILES string of the molecule is CN(C)C(=O)C#Cc1ccc2c(c1)[C@@H](N)C1(CCN(c3cnc(Sc4ccnc(N)c4Cl)cn3)CC1)C2. The van der Waals surface area contributed by atoms with E-state index < -0.39 is 0 Å². The van der Waals surface area contributed by atoms with Crippen LogP contribution in [0.15, 0.2) is 52.8 Å². The van der Waals surface area contributed by atoms with Crippen molar-refractivity contribution in [2.45, 2.75) is 35.2 Å². The molecular formula is C27H28ClN7OS. The predicted octanol–water partition coefficient (Wildman–Crippen LogP) is 3.54. The minimum atomic E-state index is -0.214.